The van der Waals surface area contributed by atoms with E-state index < -0.39 is 11.7 Å². The van der Waals surface area contributed by atoms with Crippen molar-refractivity contribution in [1.29, 1.82) is 0 Å². The highest BCUT2D eigenvalue weighted by atomic mass is 32.1. The maximum Gasteiger partial charge on any atom is 0.281 e. The molecule has 0 saturated heterocycles. The fourth-order valence-electron chi connectivity index (χ4n) is 2.60. The number of carbonyl (C=O) groups excluding carboxylic acids is 1. The Morgan fingerprint density at radius 3 is 2.67 bits per heavy atom. The van der Waals surface area contributed by atoms with Gasteiger partial charge in [-0.15, -0.1) is 16.4 Å². The van der Waals surface area contributed by atoms with Crippen LogP contribution in [-0.4, -0.2) is 20.7 Å². The molecule has 0 bridgehead atoms. The van der Waals surface area contributed by atoms with E-state index >= 15 is 0 Å². The maximum absolute atomic E-state index is 13.5. The van der Waals surface area contributed by atoms with E-state index in [4.69, 9.17) is 0 Å². The standard InChI is InChI=1S/C20H15FN4OS/c21-16-9-4-8-15(12-16)19(26)25-20(22-13-14-6-2-1-3-7-14)23-18(24-25)17-10-5-11-27-17/h1-12H,13H2,(H,22,23,24). The van der Waals surface area contributed by atoms with Gasteiger partial charge in [-0.2, -0.15) is 9.67 Å². The molecule has 1 N–H and O–H groups in total. The first-order valence-electron chi connectivity index (χ1n) is 8.30. The van der Waals surface area contributed by atoms with Gasteiger partial charge < -0.3 is 5.32 Å². The van der Waals surface area contributed by atoms with Crippen LogP contribution in [0.5, 0.6) is 0 Å². The molecular formula is C20H15FN4OS. The molecule has 27 heavy (non-hydrogen) atoms. The van der Waals surface area contributed by atoms with Crippen molar-refractivity contribution in [3.8, 4) is 10.7 Å². The Morgan fingerprint density at radius 2 is 1.93 bits per heavy atom. The maximum atomic E-state index is 13.5. The minimum atomic E-state index is -0.474. The molecule has 0 fully saturated rings. The lowest BCUT2D eigenvalue weighted by Crippen LogP contribution is -2.17. The molecule has 0 aliphatic carbocycles. The highest BCUT2D eigenvalue weighted by Crippen LogP contribution is 2.23. The lowest BCUT2D eigenvalue weighted by Gasteiger charge is -2.07. The van der Waals surface area contributed by atoms with Crippen molar-refractivity contribution in [3.05, 3.63) is 89.1 Å². The number of anilines is 1. The van der Waals surface area contributed by atoms with Gasteiger partial charge in [-0.3, -0.25) is 4.79 Å². The molecule has 0 amide bonds. The topological polar surface area (TPSA) is 59.8 Å². The van der Waals surface area contributed by atoms with Gasteiger partial charge in [0.2, 0.25) is 5.95 Å². The number of hydrogen-bond donors (Lipinski definition) is 1. The Morgan fingerprint density at radius 1 is 1.07 bits per heavy atom. The largest absolute Gasteiger partial charge is 0.350 e. The zero-order valence-corrected chi connectivity index (χ0v) is 15.0. The predicted octanol–water partition coefficient (Wildman–Crippen LogP) is 4.45. The van der Waals surface area contributed by atoms with Crippen molar-refractivity contribution in [2.45, 2.75) is 6.54 Å². The number of hydrogen-bond acceptors (Lipinski definition) is 5. The van der Waals surface area contributed by atoms with Gasteiger partial charge in [0.25, 0.3) is 5.91 Å². The van der Waals surface area contributed by atoms with E-state index in [0.29, 0.717) is 18.3 Å². The molecule has 0 atom stereocenters. The van der Waals surface area contributed by atoms with Crippen molar-refractivity contribution < 1.29 is 9.18 Å². The summed E-state index contributed by atoms with van der Waals surface area (Å²) in [6, 6.07) is 19.1. The normalized spacial score (nSPS) is 10.7. The van der Waals surface area contributed by atoms with E-state index in [-0.39, 0.29) is 5.56 Å². The Labute approximate surface area is 159 Å². The van der Waals surface area contributed by atoms with Crippen LogP contribution >= 0.6 is 11.3 Å². The third-order valence-electron chi connectivity index (χ3n) is 3.91. The molecule has 0 aliphatic heterocycles. The highest BCUT2D eigenvalue weighted by Gasteiger charge is 2.19. The monoisotopic (exact) mass is 378 g/mol. The molecule has 2 aromatic carbocycles. The lowest BCUT2D eigenvalue weighted by atomic mass is 10.2. The highest BCUT2D eigenvalue weighted by molar-refractivity contribution is 7.13. The van der Waals surface area contributed by atoms with E-state index in [1.54, 1.807) is 6.07 Å². The number of thiophene rings is 1. The summed E-state index contributed by atoms with van der Waals surface area (Å²) in [5.41, 5.74) is 1.25. The second-order valence-electron chi connectivity index (χ2n) is 5.80. The number of aromatic nitrogens is 3. The first-order chi connectivity index (χ1) is 13.2. The third kappa shape index (κ3) is 3.78. The van der Waals surface area contributed by atoms with Crippen LogP contribution in [0, 0.1) is 5.82 Å². The summed E-state index contributed by atoms with van der Waals surface area (Å²) in [7, 11) is 0. The van der Waals surface area contributed by atoms with Crippen LogP contribution in [-0.2, 0) is 6.54 Å². The summed E-state index contributed by atoms with van der Waals surface area (Å²) in [6.07, 6.45) is 0. The van der Waals surface area contributed by atoms with E-state index in [2.05, 4.69) is 15.4 Å². The van der Waals surface area contributed by atoms with Gasteiger partial charge in [0.15, 0.2) is 5.82 Å². The number of nitrogens with zero attached hydrogens (tertiary/aromatic N) is 3. The van der Waals surface area contributed by atoms with Gasteiger partial charge in [0.1, 0.15) is 5.82 Å². The van der Waals surface area contributed by atoms with Crippen molar-refractivity contribution >= 4 is 23.2 Å². The summed E-state index contributed by atoms with van der Waals surface area (Å²) in [5, 5.41) is 9.43. The number of rotatable bonds is 5. The summed E-state index contributed by atoms with van der Waals surface area (Å²) in [4.78, 5) is 18.2. The molecule has 0 radical (unpaired) electrons. The summed E-state index contributed by atoms with van der Waals surface area (Å²) in [6.45, 7) is 0.486. The van der Waals surface area contributed by atoms with Gasteiger partial charge in [0, 0.05) is 12.1 Å². The van der Waals surface area contributed by atoms with E-state index in [0.717, 1.165) is 10.4 Å². The second kappa shape index (κ2) is 7.51. The molecule has 0 aliphatic rings. The van der Waals surface area contributed by atoms with Crippen molar-refractivity contribution in [3.63, 3.8) is 0 Å². The van der Waals surface area contributed by atoms with Crippen LogP contribution in [0.2, 0.25) is 0 Å². The van der Waals surface area contributed by atoms with Crippen LogP contribution in [0.25, 0.3) is 10.7 Å². The average Bonchev–Trinajstić information content (AvgIpc) is 3.36. The zero-order chi connectivity index (χ0) is 18.6. The second-order valence-corrected chi connectivity index (χ2v) is 6.75. The molecule has 7 heteroatoms. The Kier molecular flexibility index (Phi) is 4.76. The van der Waals surface area contributed by atoms with Crippen LogP contribution < -0.4 is 5.32 Å². The molecule has 0 saturated carbocycles. The molecule has 2 aromatic heterocycles. The number of carbonyl (C=O) groups is 1. The fraction of sp³-hybridized carbons (Fsp3) is 0.0500. The van der Waals surface area contributed by atoms with Gasteiger partial charge in [-0.05, 0) is 35.2 Å². The van der Waals surface area contributed by atoms with Crippen LogP contribution in [0.15, 0.2) is 72.1 Å². The third-order valence-corrected chi connectivity index (χ3v) is 4.77. The van der Waals surface area contributed by atoms with Crippen LogP contribution in [0.4, 0.5) is 10.3 Å². The Hall–Kier alpha value is -3.32. The smallest absolute Gasteiger partial charge is 0.281 e. The number of nitrogens with one attached hydrogen (secondary N) is 1. The first kappa shape index (κ1) is 17.1. The predicted molar refractivity (Wildman–Crippen MR) is 103 cm³/mol. The molecule has 2 heterocycles. The van der Waals surface area contributed by atoms with Crippen LogP contribution in [0.3, 0.4) is 0 Å². The summed E-state index contributed by atoms with van der Waals surface area (Å²) < 4.78 is 14.7. The molecule has 0 spiro atoms. The van der Waals surface area contributed by atoms with Gasteiger partial charge >= 0.3 is 0 Å². The number of halogens is 1. The minimum absolute atomic E-state index is 0.209. The summed E-state index contributed by atoms with van der Waals surface area (Å²) in [5.74, 6) is -0.152. The van der Waals surface area contributed by atoms with E-state index in [9.17, 15) is 9.18 Å². The molecule has 0 unspecified atom stereocenters. The molecular weight excluding hydrogens is 363 g/mol. The summed E-state index contributed by atoms with van der Waals surface area (Å²) >= 11 is 1.49. The Balaban J connectivity index is 1.69. The minimum Gasteiger partial charge on any atom is -0.350 e. The van der Waals surface area contributed by atoms with Crippen molar-refractivity contribution in [1.82, 2.24) is 14.8 Å². The van der Waals surface area contributed by atoms with E-state index in [1.807, 2.05) is 47.8 Å². The molecule has 4 rings (SSSR count). The molecule has 5 nitrogen and oxygen atoms in total. The lowest BCUT2D eigenvalue weighted by molar-refractivity contribution is 0.0947. The zero-order valence-electron chi connectivity index (χ0n) is 14.2. The number of benzene rings is 2. The Bertz CT molecular complexity index is 1060. The molecule has 4 aromatic rings. The molecule has 134 valence electrons. The van der Waals surface area contributed by atoms with E-state index in [1.165, 1.54) is 34.2 Å². The SMILES string of the molecule is O=C(c1cccc(F)c1)n1nc(-c2cccs2)nc1NCc1ccccc1. The van der Waals surface area contributed by atoms with Crippen molar-refractivity contribution in [2.75, 3.05) is 5.32 Å². The van der Waals surface area contributed by atoms with Gasteiger partial charge in [0.05, 0.1) is 4.88 Å². The first-order valence-corrected chi connectivity index (χ1v) is 9.18. The van der Waals surface area contributed by atoms with Crippen molar-refractivity contribution in [2.24, 2.45) is 0 Å². The quantitative estimate of drug-likeness (QED) is 0.558. The average molecular weight is 378 g/mol. The fourth-order valence-corrected chi connectivity index (χ4v) is 3.25. The van der Waals surface area contributed by atoms with Crippen LogP contribution in [0.1, 0.15) is 15.9 Å². The van der Waals surface area contributed by atoms with Gasteiger partial charge in [-0.1, -0.05) is 42.5 Å². The van der Waals surface area contributed by atoms with Gasteiger partial charge in [-0.25, -0.2) is 4.39 Å².